The molecule has 0 atom stereocenters. The molecule has 0 fully saturated rings. The monoisotopic (exact) mass is 871 g/mol. The first-order valence-electron chi connectivity index (χ1n) is 20.3. The number of benzene rings is 4. The Kier molecular flexibility index (Phi) is 11.2. The van der Waals surface area contributed by atoms with Crippen LogP contribution in [0.2, 0.25) is 19.6 Å². The molecule has 0 spiro atoms. The summed E-state index contributed by atoms with van der Waals surface area (Å²) in [6, 6.07) is 42.0. The molecule has 0 saturated heterocycles. The molecule has 0 aliphatic rings. The molecule has 6 rings (SSSR count). The van der Waals surface area contributed by atoms with Crippen molar-refractivity contribution in [3.8, 4) is 33.6 Å². The van der Waals surface area contributed by atoms with Gasteiger partial charge < -0.3 is 9.97 Å². The maximum absolute atomic E-state index is 9.05. The Bertz CT molecular complexity index is 2230. The van der Waals surface area contributed by atoms with Gasteiger partial charge in [-0.15, -0.1) is 65.2 Å². The van der Waals surface area contributed by atoms with Crippen molar-refractivity contribution in [2.75, 3.05) is 0 Å². The molecule has 2 nitrogen and oxygen atoms in total. The van der Waals surface area contributed by atoms with E-state index in [0.29, 0.717) is 27.9 Å². The topological polar surface area (TPSA) is 25.8 Å². The third-order valence-electron chi connectivity index (χ3n) is 7.78. The van der Waals surface area contributed by atoms with E-state index in [0.717, 1.165) is 33.1 Å². The van der Waals surface area contributed by atoms with Crippen molar-refractivity contribution in [2.45, 2.75) is 73.4 Å². The Morgan fingerprint density at radius 1 is 0.725 bits per heavy atom. The van der Waals surface area contributed by atoms with Gasteiger partial charge in [0.15, 0.2) is 0 Å². The first-order valence-corrected chi connectivity index (χ1v) is 20.8. The van der Waals surface area contributed by atoms with E-state index >= 15 is 0 Å². The minimum Gasteiger partial charge on any atom is -0.305 e. The minimum atomic E-state index is -1.76. The maximum Gasteiger partial charge on any atom is 0.0798 e. The molecular weight excluding hydrogens is 813 g/mol. The van der Waals surface area contributed by atoms with Crippen molar-refractivity contribution in [1.29, 1.82) is 0 Å². The minimum absolute atomic E-state index is 0. The number of hydrogen-bond acceptors (Lipinski definition) is 2. The average Bonchev–Trinajstić information content (AvgIpc) is 3.18. The molecule has 1 radical (unpaired) electrons. The molecule has 4 heteroatoms. The summed E-state index contributed by atoms with van der Waals surface area (Å²) in [4.78, 5) is 9.07. The van der Waals surface area contributed by atoms with Crippen molar-refractivity contribution in [1.82, 2.24) is 9.97 Å². The van der Waals surface area contributed by atoms with E-state index < -0.39 is 32.6 Å². The van der Waals surface area contributed by atoms with E-state index in [2.05, 4.69) is 41.7 Å². The summed E-state index contributed by atoms with van der Waals surface area (Å²) >= 11 is 0. The summed E-state index contributed by atoms with van der Waals surface area (Å²) < 4.78 is 52.5. The van der Waals surface area contributed by atoms with Crippen LogP contribution in [0.25, 0.3) is 33.6 Å². The Labute approximate surface area is 330 Å². The van der Waals surface area contributed by atoms with Gasteiger partial charge in [-0.05, 0) is 58.7 Å². The summed E-state index contributed by atoms with van der Waals surface area (Å²) in [7, 11) is -1.67. The molecule has 0 aliphatic carbocycles. The zero-order valence-electron chi connectivity index (χ0n) is 36.9. The smallest absolute Gasteiger partial charge is 0.0798 e. The predicted octanol–water partition coefficient (Wildman–Crippen LogP) is 11.7. The summed E-state index contributed by atoms with van der Waals surface area (Å²) in [5, 5.41) is 1.10. The fourth-order valence-electron chi connectivity index (χ4n) is 5.55. The van der Waals surface area contributed by atoms with Gasteiger partial charge in [-0.25, -0.2) is 0 Å². The van der Waals surface area contributed by atoms with Crippen LogP contribution < -0.4 is 5.19 Å². The normalized spacial score (nSPS) is 14.0. The van der Waals surface area contributed by atoms with Crippen molar-refractivity contribution in [3.05, 3.63) is 162 Å². The van der Waals surface area contributed by atoms with Gasteiger partial charge in [0.2, 0.25) is 0 Å². The number of rotatable bonds is 9. The SMILES string of the molecule is [2H]C([2H])(c1cc(-c2[c-]cccc2)ncc1[Si](C)(C)C)C(C)C.[2H]C([2H])(c1ccccc1)c1cc(-c2cc(C([2H])([2H])C(C)(C)C)ccn2)[c-]cc1-c1ccccc1.[Ir]. The third-order valence-corrected chi connectivity index (χ3v) is 9.80. The summed E-state index contributed by atoms with van der Waals surface area (Å²) in [6.07, 6.45) is -1.18. The van der Waals surface area contributed by atoms with Gasteiger partial charge in [-0.2, -0.15) is 0 Å². The van der Waals surface area contributed by atoms with Crippen LogP contribution in [-0.2, 0) is 39.2 Å². The molecule has 0 bridgehead atoms. The summed E-state index contributed by atoms with van der Waals surface area (Å²) in [6.45, 7) is 16.2. The van der Waals surface area contributed by atoms with Gasteiger partial charge in [0.25, 0.3) is 0 Å². The first kappa shape index (κ1) is 31.8. The van der Waals surface area contributed by atoms with Crippen molar-refractivity contribution < 1.29 is 28.3 Å². The molecule has 2 aromatic heterocycles. The van der Waals surface area contributed by atoms with Crippen molar-refractivity contribution in [2.24, 2.45) is 11.3 Å². The van der Waals surface area contributed by atoms with Crippen molar-refractivity contribution in [3.63, 3.8) is 0 Å². The Morgan fingerprint density at radius 3 is 2.02 bits per heavy atom. The van der Waals surface area contributed by atoms with Crippen LogP contribution in [0, 0.1) is 23.5 Å². The van der Waals surface area contributed by atoms with Crippen LogP contribution in [0.1, 0.15) is 65.1 Å². The molecule has 0 saturated carbocycles. The van der Waals surface area contributed by atoms with Crippen molar-refractivity contribution >= 4 is 13.3 Å². The second kappa shape index (κ2) is 18.0. The molecule has 2 heterocycles. The number of nitrogens with zero attached hydrogens (tertiary/aromatic N) is 2. The van der Waals surface area contributed by atoms with E-state index in [4.69, 9.17) is 8.22 Å². The predicted molar refractivity (Wildman–Crippen MR) is 216 cm³/mol. The number of hydrogen-bond donors (Lipinski definition) is 0. The number of aromatic nitrogens is 2. The largest absolute Gasteiger partial charge is 0.305 e. The van der Waals surface area contributed by atoms with Gasteiger partial charge in [0.05, 0.1) is 8.07 Å². The molecular formula is C47H52IrN2Si-2. The molecule has 0 aliphatic heterocycles. The van der Waals surface area contributed by atoms with Crippen LogP contribution >= 0.6 is 0 Å². The average molecular weight is 871 g/mol. The van der Waals surface area contributed by atoms with Crippen LogP contribution in [-0.4, -0.2) is 18.0 Å². The zero-order valence-corrected chi connectivity index (χ0v) is 34.3. The van der Waals surface area contributed by atoms with Crippen LogP contribution in [0.5, 0.6) is 0 Å². The Balaban J connectivity index is 0.000000272. The van der Waals surface area contributed by atoms with E-state index in [1.165, 1.54) is 0 Å². The Morgan fingerprint density at radius 2 is 1.39 bits per heavy atom. The second-order valence-corrected chi connectivity index (χ2v) is 19.8. The van der Waals surface area contributed by atoms with Crippen LogP contribution in [0.15, 0.2) is 128 Å². The van der Waals surface area contributed by atoms with E-state index in [1.807, 2.05) is 126 Å². The fourth-order valence-corrected chi connectivity index (χ4v) is 6.95. The maximum atomic E-state index is 9.05. The van der Waals surface area contributed by atoms with Gasteiger partial charge in [-0.1, -0.05) is 149 Å². The summed E-state index contributed by atoms with van der Waals surface area (Å²) in [5.41, 5.74) is 6.39. The first-order chi connectivity index (χ1) is 26.2. The molecule has 4 aromatic carbocycles. The third kappa shape index (κ3) is 11.8. The van der Waals surface area contributed by atoms with Gasteiger partial charge in [0, 0.05) is 40.7 Å². The molecule has 6 aromatic rings. The molecule has 0 unspecified atom stereocenters. The quantitative estimate of drug-likeness (QED) is 0.107. The molecule has 0 N–H and O–H groups in total. The van der Waals surface area contributed by atoms with Gasteiger partial charge in [-0.3, -0.25) is 0 Å². The fraction of sp³-hybridized carbons (Fsp3) is 0.277. The van der Waals surface area contributed by atoms with Crippen LogP contribution in [0.3, 0.4) is 0 Å². The van der Waals surface area contributed by atoms with Crippen LogP contribution in [0.4, 0.5) is 0 Å². The zero-order chi connectivity index (χ0) is 41.1. The molecule has 0 amide bonds. The van der Waals surface area contributed by atoms with E-state index in [9.17, 15) is 0 Å². The van der Waals surface area contributed by atoms with Gasteiger partial charge in [0.1, 0.15) is 0 Å². The second-order valence-electron chi connectivity index (χ2n) is 14.8. The van der Waals surface area contributed by atoms with E-state index in [1.54, 1.807) is 36.5 Å². The van der Waals surface area contributed by atoms with E-state index in [-0.39, 0.29) is 26.0 Å². The molecule has 265 valence electrons. The number of pyridine rings is 2. The molecule has 51 heavy (non-hydrogen) atoms. The standard InChI is InChI=1S/C29H28N.C18H24NSi.Ir/c1-29(2,3)21-23-16-17-30-28(19-23)25-14-15-27(24-12-8-5-9-13-24)26(20-25)18-22-10-6-4-7-11-22;1-14(2)11-16-12-17(15-9-7-6-8-10-15)19-13-18(16)20(3,4)5;/h4-13,15-17,19-20H,18,21H2,1-3H3;6-9,12-14H,11H2,1-5H3;/q2*-1;/i18D2,21D2;11D2;. The van der Waals surface area contributed by atoms with Gasteiger partial charge >= 0.3 is 0 Å². The summed E-state index contributed by atoms with van der Waals surface area (Å²) in [5.74, 6) is -0.0856. The Hall–Kier alpha value is -3.95.